The molecule has 1 aromatic carbocycles. The van der Waals surface area contributed by atoms with Gasteiger partial charge in [-0.05, 0) is 38.5 Å². The zero-order chi connectivity index (χ0) is 12.3. The number of amides is 1. The minimum Gasteiger partial charge on any atom is -0.530 e. The lowest BCUT2D eigenvalue weighted by molar-refractivity contribution is -0.271. The highest BCUT2D eigenvalue weighted by Crippen LogP contribution is 2.17. The second-order valence-corrected chi connectivity index (χ2v) is 4.76. The summed E-state index contributed by atoms with van der Waals surface area (Å²) in [5.41, 5.74) is 6.65. The molecule has 4 heteroatoms. The lowest BCUT2D eigenvalue weighted by atomic mass is 10.1. The van der Waals surface area contributed by atoms with Crippen molar-refractivity contribution in [3.8, 4) is 0 Å². The Bertz CT molecular complexity index is 366. The molecular formula is C12H17N2O2-. The Balaban J connectivity index is 2.84. The molecule has 88 valence electrons. The van der Waals surface area contributed by atoms with Crippen LogP contribution in [0.15, 0.2) is 24.3 Å². The van der Waals surface area contributed by atoms with Crippen LogP contribution in [0, 0.1) is 0 Å². The van der Waals surface area contributed by atoms with E-state index in [-0.39, 0.29) is 0 Å². The van der Waals surface area contributed by atoms with E-state index < -0.39 is 11.6 Å². The van der Waals surface area contributed by atoms with Crippen LogP contribution in [0.5, 0.6) is 0 Å². The van der Waals surface area contributed by atoms with Crippen LogP contribution in [-0.4, -0.2) is 16.5 Å². The molecule has 0 saturated heterocycles. The Hall–Kier alpha value is -1.71. The van der Waals surface area contributed by atoms with Crippen molar-refractivity contribution in [2.45, 2.75) is 32.9 Å². The Morgan fingerprint density at radius 1 is 1.31 bits per heavy atom. The van der Waals surface area contributed by atoms with Crippen LogP contribution in [0.4, 0.5) is 10.5 Å². The van der Waals surface area contributed by atoms with Crippen molar-refractivity contribution in [3.63, 3.8) is 0 Å². The first-order chi connectivity index (χ1) is 7.30. The number of nitrogens with two attached hydrogens (primary N) is 1. The van der Waals surface area contributed by atoms with Gasteiger partial charge in [-0.3, -0.25) is 0 Å². The maximum atomic E-state index is 11.0. The summed E-state index contributed by atoms with van der Waals surface area (Å²) in [4.78, 5) is 12.3. The summed E-state index contributed by atoms with van der Waals surface area (Å²) in [5.74, 6) is 0. The average Bonchev–Trinajstić information content (AvgIpc) is 2.14. The number of carbonyl (C=O) groups excluding carboxylic acids is 1. The van der Waals surface area contributed by atoms with E-state index in [9.17, 15) is 9.90 Å². The topological polar surface area (TPSA) is 69.4 Å². The summed E-state index contributed by atoms with van der Waals surface area (Å²) in [6.07, 6.45) is -1.16. The largest absolute Gasteiger partial charge is 0.530 e. The van der Waals surface area contributed by atoms with Crippen LogP contribution in [0.1, 0.15) is 26.3 Å². The predicted octanol–water partition coefficient (Wildman–Crippen LogP) is 1.21. The molecule has 0 radical (unpaired) electrons. The minimum atomic E-state index is -1.16. The normalized spacial score (nSPS) is 11.2. The maximum absolute atomic E-state index is 11.0. The third-order valence-electron chi connectivity index (χ3n) is 2.35. The third-order valence-corrected chi connectivity index (χ3v) is 2.35. The van der Waals surface area contributed by atoms with E-state index in [0.717, 1.165) is 5.56 Å². The second-order valence-electron chi connectivity index (χ2n) is 4.76. The molecule has 1 amide bonds. The van der Waals surface area contributed by atoms with Gasteiger partial charge in [0.1, 0.15) is 6.09 Å². The molecule has 0 spiro atoms. The van der Waals surface area contributed by atoms with Crippen LogP contribution in [0.3, 0.4) is 0 Å². The number of nitrogen functional groups attached to an aromatic ring is 1. The summed E-state index contributed by atoms with van der Waals surface area (Å²) in [7, 11) is 0. The molecule has 0 heterocycles. The second kappa shape index (κ2) is 4.43. The fraction of sp³-hybridized carbons (Fsp3) is 0.417. The van der Waals surface area contributed by atoms with Gasteiger partial charge < -0.3 is 20.5 Å². The van der Waals surface area contributed by atoms with Crippen LogP contribution < -0.4 is 10.8 Å². The van der Waals surface area contributed by atoms with E-state index in [0.29, 0.717) is 12.2 Å². The van der Waals surface area contributed by atoms with Gasteiger partial charge in [0.15, 0.2) is 0 Å². The Morgan fingerprint density at radius 3 is 2.19 bits per heavy atom. The fourth-order valence-corrected chi connectivity index (χ4v) is 1.38. The monoisotopic (exact) mass is 221 g/mol. The van der Waals surface area contributed by atoms with Gasteiger partial charge >= 0.3 is 0 Å². The van der Waals surface area contributed by atoms with Gasteiger partial charge in [0.2, 0.25) is 0 Å². The third kappa shape index (κ3) is 3.15. The van der Waals surface area contributed by atoms with Crippen LogP contribution in [-0.2, 0) is 6.54 Å². The van der Waals surface area contributed by atoms with Gasteiger partial charge in [-0.25, -0.2) is 0 Å². The summed E-state index contributed by atoms with van der Waals surface area (Å²) in [6, 6.07) is 7.14. The van der Waals surface area contributed by atoms with Gasteiger partial charge in [-0.15, -0.1) is 0 Å². The van der Waals surface area contributed by atoms with E-state index in [1.165, 1.54) is 4.90 Å². The van der Waals surface area contributed by atoms with Crippen LogP contribution in [0.2, 0.25) is 0 Å². The number of carbonyl (C=O) groups is 1. The van der Waals surface area contributed by atoms with Gasteiger partial charge in [0.05, 0.1) is 0 Å². The Labute approximate surface area is 95.7 Å². The molecule has 0 atom stereocenters. The molecule has 0 saturated carbocycles. The minimum absolute atomic E-state index is 0.312. The van der Waals surface area contributed by atoms with E-state index >= 15 is 0 Å². The van der Waals surface area contributed by atoms with Gasteiger partial charge in [0.25, 0.3) is 0 Å². The quantitative estimate of drug-likeness (QED) is 0.763. The first kappa shape index (κ1) is 12.4. The highest BCUT2D eigenvalue weighted by atomic mass is 16.4. The molecule has 4 nitrogen and oxygen atoms in total. The number of hydrogen-bond acceptors (Lipinski definition) is 3. The molecule has 0 aliphatic rings. The Kier molecular flexibility index (Phi) is 3.42. The first-order valence-electron chi connectivity index (χ1n) is 5.14. The molecule has 0 aromatic heterocycles. The zero-order valence-corrected chi connectivity index (χ0v) is 9.86. The SMILES string of the molecule is CC(C)(C)N(Cc1ccc(N)cc1)C(=O)[O-]. The maximum Gasteiger partial charge on any atom is 0.137 e. The lowest BCUT2D eigenvalue weighted by Gasteiger charge is -2.38. The van der Waals surface area contributed by atoms with Crippen LogP contribution in [0.25, 0.3) is 0 Å². The number of anilines is 1. The highest BCUT2D eigenvalue weighted by Gasteiger charge is 2.20. The van der Waals surface area contributed by atoms with Crippen molar-refractivity contribution >= 4 is 11.8 Å². The number of hydrogen-bond donors (Lipinski definition) is 1. The van der Waals surface area contributed by atoms with E-state index in [2.05, 4.69) is 0 Å². The molecule has 0 bridgehead atoms. The molecule has 0 aliphatic heterocycles. The Morgan fingerprint density at radius 2 is 1.81 bits per heavy atom. The van der Waals surface area contributed by atoms with E-state index in [4.69, 9.17) is 5.73 Å². The van der Waals surface area contributed by atoms with Gasteiger partial charge in [-0.2, -0.15) is 0 Å². The van der Waals surface area contributed by atoms with Gasteiger partial charge in [0, 0.05) is 17.8 Å². The smallest absolute Gasteiger partial charge is 0.137 e. The number of nitrogens with zero attached hydrogens (tertiary/aromatic N) is 1. The van der Waals surface area contributed by atoms with Crippen molar-refractivity contribution in [2.75, 3.05) is 5.73 Å². The number of benzene rings is 1. The summed E-state index contributed by atoms with van der Waals surface area (Å²) in [6.45, 7) is 5.81. The van der Waals surface area contributed by atoms with E-state index in [1.807, 2.05) is 32.9 Å². The number of carboxylic acid groups (broad SMARTS) is 1. The highest BCUT2D eigenvalue weighted by molar-refractivity contribution is 5.63. The van der Waals surface area contributed by atoms with Gasteiger partial charge in [-0.1, -0.05) is 12.1 Å². The predicted molar refractivity (Wildman–Crippen MR) is 61.5 cm³/mol. The van der Waals surface area contributed by atoms with Crippen molar-refractivity contribution < 1.29 is 9.90 Å². The zero-order valence-electron chi connectivity index (χ0n) is 9.86. The van der Waals surface area contributed by atoms with E-state index in [1.54, 1.807) is 12.1 Å². The number of rotatable bonds is 2. The average molecular weight is 221 g/mol. The van der Waals surface area contributed by atoms with Crippen molar-refractivity contribution in [3.05, 3.63) is 29.8 Å². The fourth-order valence-electron chi connectivity index (χ4n) is 1.38. The molecule has 1 aromatic rings. The molecule has 0 aliphatic carbocycles. The standard InChI is InChI=1S/C12H18N2O2/c1-12(2,3)14(11(15)16)8-9-4-6-10(13)7-5-9/h4-7H,8,13H2,1-3H3,(H,15,16)/p-1. The molecule has 2 N–H and O–H groups in total. The molecule has 1 rings (SSSR count). The molecule has 16 heavy (non-hydrogen) atoms. The summed E-state index contributed by atoms with van der Waals surface area (Å²) in [5, 5.41) is 11.0. The molecule has 0 fully saturated rings. The van der Waals surface area contributed by atoms with Crippen molar-refractivity contribution in [1.82, 2.24) is 4.90 Å². The molecular weight excluding hydrogens is 204 g/mol. The molecule has 0 unspecified atom stereocenters. The summed E-state index contributed by atoms with van der Waals surface area (Å²) < 4.78 is 0. The van der Waals surface area contributed by atoms with Crippen molar-refractivity contribution in [1.29, 1.82) is 0 Å². The lowest BCUT2D eigenvalue weighted by Crippen LogP contribution is -2.50. The van der Waals surface area contributed by atoms with Crippen molar-refractivity contribution in [2.24, 2.45) is 0 Å². The van der Waals surface area contributed by atoms with Crippen LogP contribution >= 0.6 is 0 Å². The summed E-state index contributed by atoms with van der Waals surface area (Å²) >= 11 is 0. The first-order valence-corrected chi connectivity index (χ1v) is 5.14.